The lowest BCUT2D eigenvalue weighted by molar-refractivity contribution is 0.350. The fraction of sp³-hybridized carbons (Fsp3) is 0.118. The third-order valence-electron chi connectivity index (χ3n) is 3.16. The minimum Gasteiger partial charge on any atom is -0.384 e. The molecule has 0 aliphatic heterocycles. The van der Waals surface area contributed by atoms with E-state index in [2.05, 4.69) is 11.8 Å². The maximum Gasteiger partial charge on any atom is 0.273 e. The van der Waals surface area contributed by atoms with Crippen LogP contribution in [0.5, 0.6) is 0 Å². The first kappa shape index (κ1) is 13.6. The number of aliphatic hydroxyl groups is 1. The monoisotopic (exact) mass is 295 g/mol. The summed E-state index contributed by atoms with van der Waals surface area (Å²) in [5.74, 6) is 5.57. The topological polar surface area (TPSA) is 42.2 Å². The summed E-state index contributed by atoms with van der Waals surface area (Å²) in [6.45, 7) is 1.77. The lowest BCUT2D eigenvalue weighted by Gasteiger charge is -2.05. The molecular weight excluding hydrogens is 282 g/mol. The molecule has 1 N–H and O–H groups in total. The summed E-state index contributed by atoms with van der Waals surface area (Å²) in [5.41, 5.74) is 2.53. The second-order valence-electron chi connectivity index (χ2n) is 4.67. The van der Waals surface area contributed by atoms with Crippen LogP contribution in [0.4, 0.5) is 0 Å². The van der Waals surface area contributed by atoms with Gasteiger partial charge in [0.05, 0.1) is 15.8 Å². The molecule has 0 amide bonds. The van der Waals surface area contributed by atoms with E-state index in [1.807, 2.05) is 49.4 Å². The highest BCUT2D eigenvalue weighted by molar-refractivity contribution is 7.14. The average Bonchev–Trinajstić information content (AvgIpc) is 2.83. The normalized spacial score (nSPS) is 10.4. The highest BCUT2D eigenvalue weighted by atomic mass is 32.1. The Hall–Kier alpha value is -2.35. The molecule has 104 valence electrons. The van der Waals surface area contributed by atoms with Crippen LogP contribution in [0.3, 0.4) is 0 Å². The van der Waals surface area contributed by atoms with Crippen molar-refractivity contribution in [2.24, 2.45) is 0 Å². The van der Waals surface area contributed by atoms with Crippen LogP contribution < -0.4 is 5.56 Å². The van der Waals surface area contributed by atoms with Crippen LogP contribution in [0.15, 0.2) is 47.3 Å². The second kappa shape index (κ2) is 5.57. The summed E-state index contributed by atoms with van der Waals surface area (Å²) in [6.07, 6.45) is 0. The van der Waals surface area contributed by atoms with Crippen molar-refractivity contribution in [3.63, 3.8) is 0 Å². The van der Waals surface area contributed by atoms with Gasteiger partial charge in [-0.1, -0.05) is 41.6 Å². The molecule has 1 aromatic heterocycles. The van der Waals surface area contributed by atoms with Crippen LogP contribution in [0, 0.1) is 18.8 Å². The van der Waals surface area contributed by atoms with Gasteiger partial charge < -0.3 is 5.11 Å². The molecule has 0 saturated heterocycles. The number of nitrogens with zero attached hydrogens (tertiary/aromatic N) is 1. The molecule has 4 heteroatoms. The molecule has 3 aromatic rings. The fourth-order valence-corrected chi connectivity index (χ4v) is 3.22. The van der Waals surface area contributed by atoms with Gasteiger partial charge in [-0.05, 0) is 36.8 Å². The van der Waals surface area contributed by atoms with Crippen LogP contribution >= 0.6 is 11.5 Å². The Kier molecular flexibility index (Phi) is 3.61. The molecule has 0 aliphatic rings. The van der Waals surface area contributed by atoms with E-state index < -0.39 is 0 Å². The molecule has 3 rings (SSSR count). The van der Waals surface area contributed by atoms with Gasteiger partial charge in [-0.2, -0.15) is 0 Å². The van der Waals surface area contributed by atoms with Gasteiger partial charge in [0.15, 0.2) is 0 Å². The van der Waals surface area contributed by atoms with Crippen molar-refractivity contribution in [3.8, 4) is 17.5 Å². The summed E-state index contributed by atoms with van der Waals surface area (Å²) in [5, 5.41) is 9.60. The van der Waals surface area contributed by atoms with E-state index in [1.165, 1.54) is 11.5 Å². The number of hydrogen-bond donors (Lipinski definition) is 1. The number of aromatic nitrogens is 1. The summed E-state index contributed by atoms with van der Waals surface area (Å²) in [6, 6.07) is 13.3. The van der Waals surface area contributed by atoms with Gasteiger partial charge in [0.1, 0.15) is 6.61 Å². The highest BCUT2D eigenvalue weighted by Crippen LogP contribution is 2.22. The lowest BCUT2D eigenvalue weighted by Crippen LogP contribution is -2.12. The average molecular weight is 295 g/mol. The third kappa shape index (κ3) is 2.49. The van der Waals surface area contributed by atoms with Gasteiger partial charge in [-0.25, -0.2) is 3.96 Å². The maximum atomic E-state index is 12.5. The van der Waals surface area contributed by atoms with Crippen molar-refractivity contribution in [2.45, 2.75) is 6.92 Å². The summed E-state index contributed by atoms with van der Waals surface area (Å²) in [4.78, 5) is 12.5. The molecule has 2 aromatic carbocycles. The van der Waals surface area contributed by atoms with Crippen molar-refractivity contribution >= 4 is 21.6 Å². The molecule has 0 radical (unpaired) electrons. The highest BCUT2D eigenvalue weighted by Gasteiger charge is 2.11. The Morgan fingerprint density at radius 3 is 2.81 bits per heavy atom. The molecule has 1 heterocycles. The molecule has 0 fully saturated rings. The molecule has 0 unspecified atom stereocenters. The summed E-state index contributed by atoms with van der Waals surface area (Å²) < 4.78 is 2.61. The van der Waals surface area contributed by atoms with Crippen molar-refractivity contribution in [2.75, 3.05) is 6.61 Å². The Labute approximate surface area is 126 Å². The van der Waals surface area contributed by atoms with Gasteiger partial charge >= 0.3 is 0 Å². The number of aliphatic hydroxyl groups excluding tert-OH is 1. The lowest BCUT2D eigenvalue weighted by atomic mass is 10.1. The molecule has 0 saturated carbocycles. The summed E-state index contributed by atoms with van der Waals surface area (Å²) >= 11 is 1.40. The second-order valence-corrected chi connectivity index (χ2v) is 5.66. The minimum atomic E-state index is -0.200. The molecule has 0 bridgehead atoms. The van der Waals surface area contributed by atoms with E-state index in [4.69, 9.17) is 5.11 Å². The van der Waals surface area contributed by atoms with E-state index in [0.29, 0.717) is 5.39 Å². The Balaban J connectivity index is 2.28. The van der Waals surface area contributed by atoms with E-state index in [0.717, 1.165) is 21.5 Å². The third-order valence-corrected chi connectivity index (χ3v) is 4.26. The van der Waals surface area contributed by atoms with Gasteiger partial charge in [-0.3, -0.25) is 4.79 Å². The zero-order valence-electron chi connectivity index (χ0n) is 11.5. The van der Waals surface area contributed by atoms with Crippen LogP contribution in [0.2, 0.25) is 0 Å². The van der Waals surface area contributed by atoms with Crippen molar-refractivity contribution in [3.05, 3.63) is 63.9 Å². The molecule has 21 heavy (non-hydrogen) atoms. The van der Waals surface area contributed by atoms with Crippen LogP contribution in [-0.4, -0.2) is 15.7 Å². The Bertz CT molecular complexity index is 925. The molecule has 0 atom stereocenters. The van der Waals surface area contributed by atoms with E-state index in [9.17, 15) is 4.79 Å². The minimum absolute atomic E-state index is 0.0356. The van der Waals surface area contributed by atoms with Gasteiger partial charge in [0.2, 0.25) is 0 Å². The standard InChI is InChI=1S/C17H13NO2S/c1-12-8-9-15(13(11-12)5-4-10-19)18-17(20)14-6-2-3-7-16(14)21-18/h2-3,6-9,11,19H,10H2,1H3. The molecular formula is C17H13NO2S. The predicted octanol–water partition coefficient (Wildman–Crippen LogP) is 2.70. The van der Waals surface area contributed by atoms with Crippen molar-refractivity contribution < 1.29 is 5.11 Å². The Morgan fingerprint density at radius 2 is 2.05 bits per heavy atom. The Morgan fingerprint density at radius 1 is 1.24 bits per heavy atom. The van der Waals surface area contributed by atoms with Crippen LogP contribution in [-0.2, 0) is 0 Å². The van der Waals surface area contributed by atoms with Crippen LogP contribution in [0.25, 0.3) is 15.8 Å². The van der Waals surface area contributed by atoms with Gasteiger partial charge in [0.25, 0.3) is 5.56 Å². The maximum absolute atomic E-state index is 12.5. The summed E-state index contributed by atoms with van der Waals surface area (Å²) in [7, 11) is 0. The van der Waals surface area contributed by atoms with Gasteiger partial charge in [0, 0.05) is 5.56 Å². The fourth-order valence-electron chi connectivity index (χ4n) is 2.19. The van der Waals surface area contributed by atoms with Crippen LogP contribution in [0.1, 0.15) is 11.1 Å². The van der Waals surface area contributed by atoms with E-state index in [1.54, 1.807) is 3.96 Å². The zero-order chi connectivity index (χ0) is 14.8. The quantitative estimate of drug-likeness (QED) is 0.701. The molecule has 0 aliphatic carbocycles. The zero-order valence-corrected chi connectivity index (χ0v) is 12.3. The first-order valence-electron chi connectivity index (χ1n) is 6.52. The van der Waals surface area contributed by atoms with E-state index >= 15 is 0 Å². The first-order chi connectivity index (χ1) is 10.2. The SMILES string of the molecule is Cc1ccc(-n2sc3ccccc3c2=O)c(C#CCO)c1. The van der Waals surface area contributed by atoms with Gasteiger partial charge in [-0.15, -0.1) is 0 Å². The number of hydrogen-bond acceptors (Lipinski definition) is 3. The molecule has 0 spiro atoms. The van der Waals surface area contributed by atoms with E-state index in [-0.39, 0.29) is 12.2 Å². The molecule has 3 nitrogen and oxygen atoms in total. The predicted molar refractivity (Wildman–Crippen MR) is 86.1 cm³/mol. The smallest absolute Gasteiger partial charge is 0.273 e. The van der Waals surface area contributed by atoms with Crippen molar-refractivity contribution in [1.82, 2.24) is 3.96 Å². The first-order valence-corrected chi connectivity index (χ1v) is 7.30. The van der Waals surface area contributed by atoms with Crippen molar-refractivity contribution in [1.29, 1.82) is 0 Å². The number of rotatable bonds is 1. The number of aryl methyl sites for hydroxylation is 1. The largest absolute Gasteiger partial charge is 0.384 e. The number of benzene rings is 2. The number of fused-ring (bicyclic) bond motifs is 1.